The molecule has 2 aromatic rings. The van der Waals surface area contributed by atoms with Crippen molar-refractivity contribution in [2.24, 2.45) is 0 Å². The molecule has 0 aliphatic heterocycles. The highest BCUT2D eigenvalue weighted by Crippen LogP contribution is 2.28. The van der Waals surface area contributed by atoms with Crippen LogP contribution in [0, 0.1) is 10.1 Å². The number of nitro benzene ring substituents is 1. The van der Waals surface area contributed by atoms with Crippen molar-refractivity contribution in [3.63, 3.8) is 0 Å². The quantitative estimate of drug-likeness (QED) is 0.324. The normalized spacial score (nSPS) is 10.3. The Morgan fingerprint density at radius 2 is 2.29 bits per heavy atom. The lowest BCUT2D eigenvalue weighted by molar-refractivity contribution is -0.384. The zero-order valence-corrected chi connectivity index (χ0v) is 12.0. The number of phenolic OH excluding ortho intramolecular Hbond substituents is 1. The van der Waals surface area contributed by atoms with Gasteiger partial charge in [-0.3, -0.25) is 14.9 Å². The lowest BCUT2D eigenvalue weighted by Crippen LogP contribution is -2.14. The second kappa shape index (κ2) is 6.37. The first-order valence-electron chi connectivity index (χ1n) is 5.45. The number of aromatic hydroxyl groups is 1. The number of benzene rings is 1. The van der Waals surface area contributed by atoms with E-state index in [0.717, 1.165) is 29.2 Å². The molecule has 0 bridgehead atoms. The predicted molar refractivity (Wildman–Crippen MR) is 78.4 cm³/mol. The number of hydrogen-bond donors (Lipinski definition) is 3. The Morgan fingerprint density at radius 1 is 1.52 bits per heavy atom. The Balaban J connectivity index is 1.94. The molecule has 9 nitrogen and oxygen atoms in total. The number of phenols is 1. The SMILES string of the molecule is Nc1nnc(SCC(=O)Nc2ccc([N+](=O)[O-])cc2O)s1. The third-order valence-corrected chi connectivity index (χ3v) is 4.10. The van der Waals surface area contributed by atoms with Gasteiger partial charge in [-0.15, -0.1) is 10.2 Å². The van der Waals surface area contributed by atoms with Gasteiger partial charge in [0.2, 0.25) is 11.0 Å². The van der Waals surface area contributed by atoms with E-state index in [0.29, 0.717) is 9.47 Å². The average Bonchev–Trinajstić information content (AvgIpc) is 2.84. The number of nitrogens with one attached hydrogen (secondary N) is 1. The van der Waals surface area contributed by atoms with Gasteiger partial charge in [0.25, 0.3) is 5.69 Å². The van der Waals surface area contributed by atoms with E-state index in [2.05, 4.69) is 15.5 Å². The van der Waals surface area contributed by atoms with Crippen LogP contribution in [0.5, 0.6) is 5.75 Å². The molecule has 0 atom stereocenters. The number of rotatable bonds is 5. The molecule has 0 radical (unpaired) electrons. The fourth-order valence-electron chi connectivity index (χ4n) is 1.33. The van der Waals surface area contributed by atoms with Gasteiger partial charge >= 0.3 is 0 Å². The summed E-state index contributed by atoms with van der Waals surface area (Å²) in [7, 11) is 0. The van der Waals surface area contributed by atoms with Crippen LogP contribution in [0.1, 0.15) is 0 Å². The van der Waals surface area contributed by atoms with Crippen molar-refractivity contribution in [3.8, 4) is 5.75 Å². The molecule has 0 unspecified atom stereocenters. The molecule has 1 aromatic heterocycles. The van der Waals surface area contributed by atoms with Crippen molar-refractivity contribution in [2.75, 3.05) is 16.8 Å². The van der Waals surface area contributed by atoms with Gasteiger partial charge in [-0.1, -0.05) is 23.1 Å². The van der Waals surface area contributed by atoms with Crippen molar-refractivity contribution >= 4 is 45.5 Å². The van der Waals surface area contributed by atoms with Gasteiger partial charge in [0.05, 0.1) is 22.4 Å². The van der Waals surface area contributed by atoms with Crippen molar-refractivity contribution in [1.29, 1.82) is 0 Å². The lowest BCUT2D eigenvalue weighted by atomic mass is 10.2. The van der Waals surface area contributed by atoms with Crippen LogP contribution in [-0.2, 0) is 4.79 Å². The maximum absolute atomic E-state index is 11.7. The summed E-state index contributed by atoms with van der Waals surface area (Å²) in [5.74, 6) is -0.717. The molecule has 4 N–H and O–H groups in total. The number of thioether (sulfide) groups is 1. The van der Waals surface area contributed by atoms with Gasteiger partial charge in [0.15, 0.2) is 4.34 Å². The minimum absolute atomic E-state index is 0.0467. The Hall–Kier alpha value is -2.40. The van der Waals surface area contributed by atoms with Crippen molar-refractivity contribution < 1.29 is 14.8 Å². The minimum atomic E-state index is -0.638. The first kappa shape index (κ1) is 15.0. The molecule has 110 valence electrons. The maximum Gasteiger partial charge on any atom is 0.273 e. The van der Waals surface area contributed by atoms with E-state index in [1.54, 1.807) is 0 Å². The smallest absolute Gasteiger partial charge is 0.273 e. The topological polar surface area (TPSA) is 144 Å². The molecule has 0 aliphatic rings. The lowest BCUT2D eigenvalue weighted by Gasteiger charge is -2.06. The Kier molecular flexibility index (Phi) is 4.55. The highest BCUT2D eigenvalue weighted by Gasteiger charge is 2.13. The summed E-state index contributed by atoms with van der Waals surface area (Å²) in [5.41, 5.74) is 5.25. The number of nitro groups is 1. The fourth-order valence-corrected chi connectivity index (χ4v) is 2.77. The second-order valence-corrected chi connectivity index (χ2v) is 5.93. The molecule has 21 heavy (non-hydrogen) atoms. The van der Waals surface area contributed by atoms with Crippen LogP contribution in [-0.4, -0.2) is 31.9 Å². The molecule has 0 saturated carbocycles. The molecule has 2 rings (SSSR count). The molecule has 0 saturated heterocycles. The first-order chi connectivity index (χ1) is 9.95. The molecular weight excluding hydrogens is 318 g/mol. The van der Waals surface area contributed by atoms with Crippen LogP contribution >= 0.6 is 23.1 Å². The van der Waals surface area contributed by atoms with Gasteiger partial charge in [0, 0.05) is 6.07 Å². The highest BCUT2D eigenvalue weighted by atomic mass is 32.2. The Labute approximate surface area is 126 Å². The highest BCUT2D eigenvalue weighted by molar-refractivity contribution is 8.01. The number of anilines is 2. The number of carbonyl (C=O) groups is 1. The van der Waals surface area contributed by atoms with Crippen LogP contribution in [0.3, 0.4) is 0 Å². The van der Waals surface area contributed by atoms with Gasteiger partial charge < -0.3 is 16.2 Å². The van der Waals surface area contributed by atoms with E-state index >= 15 is 0 Å². The largest absolute Gasteiger partial charge is 0.506 e. The monoisotopic (exact) mass is 327 g/mol. The molecule has 1 aromatic carbocycles. The molecule has 0 aliphatic carbocycles. The number of nitrogen functional groups attached to an aromatic ring is 1. The number of nitrogens with zero attached hydrogens (tertiary/aromatic N) is 3. The molecule has 11 heteroatoms. The third-order valence-electron chi connectivity index (χ3n) is 2.22. The van der Waals surface area contributed by atoms with Crippen LogP contribution in [0.4, 0.5) is 16.5 Å². The number of amides is 1. The standard InChI is InChI=1S/C10H9N5O4S2/c11-9-13-14-10(21-9)20-4-8(17)12-6-2-1-5(15(18)19)3-7(6)16/h1-3,16H,4H2,(H2,11,13)(H,12,17). The summed E-state index contributed by atoms with van der Waals surface area (Å²) in [5, 5.41) is 30.3. The zero-order valence-electron chi connectivity index (χ0n) is 10.3. The van der Waals surface area contributed by atoms with E-state index in [-0.39, 0.29) is 22.9 Å². The molecule has 0 spiro atoms. The molecule has 1 amide bonds. The Bertz CT molecular complexity index is 690. The van der Waals surface area contributed by atoms with Gasteiger partial charge in [-0.25, -0.2) is 0 Å². The average molecular weight is 327 g/mol. The Morgan fingerprint density at radius 3 is 2.86 bits per heavy atom. The second-order valence-electron chi connectivity index (χ2n) is 3.70. The van der Waals surface area contributed by atoms with Crippen LogP contribution in [0.15, 0.2) is 22.5 Å². The maximum atomic E-state index is 11.7. The summed E-state index contributed by atoms with van der Waals surface area (Å²) in [6.45, 7) is 0. The predicted octanol–water partition coefficient (Wildman–Crippen LogP) is 1.46. The van der Waals surface area contributed by atoms with Crippen LogP contribution in [0.2, 0.25) is 0 Å². The van der Waals surface area contributed by atoms with Crippen molar-refractivity contribution in [3.05, 3.63) is 28.3 Å². The number of non-ortho nitro benzene ring substituents is 1. The van der Waals surface area contributed by atoms with Crippen molar-refractivity contribution in [2.45, 2.75) is 4.34 Å². The zero-order chi connectivity index (χ0) is 15.4. The minimum Gasteiger partial charge on any atom is -0.506 e. The fraction of sp³-hybridized carbons (Fsp3) is 0.100. The molecule has 1 heterocycles. The first-order valence-corrected chi connectivity index (χ1v) is 7.25. The van der Waals surface area contributed by atoms with E-state index in [1.807, 2.05) is 0 Å². The van der Waals surface area contributed by atoms with Crippen LogP contribution < -0.4 is 11.1 Å². The summed E-state index contributed by atoms with van der Waals surface area (Å²) in [6.07, 6.45) is 0. The number of aromatic nitrogens is 2. The molecule has 0 fully saturated rings. The van der Waals surface area contributed by atoms with E-state index in [4.69, 9.17) is 5.73 Å². The summed E-state index contributed by atoms with van der Waals surface area (Å²) >= 11 is 2.30. The van der Waals surface area contributed by atoms with Crippen molar-refractivity contribution in [1.82, 2.24) is 10.2 Å². The van der Waals surface area contributed by atoms with Gasteiger partial charge in [-0.2, -0.15) is 0 Å². The van der Waals surface area contributed by atoms with Gasteiger partial charge in [-0.05, 0) is 6.07 Å². The number of hydrogen-bond acceptors (Lipinski definition) is 9. The third kappa shape index (κ3) is 4.03. The molecular formula is C10H9N5O4S2. The summed E-state index contributed by atoms with van der Waals surface area (Å²) in [6, 6.07) is 3.42. The number of nitrogens with two attached hydrogens (primary N) is 1. The summed E-state index contributed by atoms with van der Waals surface area (Å²) < 4.78 is 0.551. The van der Waals surface area contributed by atoms with E-state index < -0.39 is 10.8 Å². The van der Waals surface area contributed by atoms with Gasteiger partial charge in [0.1, 0.15) is 5.75 Å². The van der Waals surface area contributed by atoms with E-state index in [1.165, 1.54) is 12.1 Å². The van der Waals surface area contributed by atoms with Crippen LogP contribution in [0.25, 0.3) is 0 Å². The number of carbonyl (C=O) groups excluding carboxylic acids is 1. The van der Waals surface area contributed by atoms with E-state index in [9.17, 15) is 20.0 Å². The summed E-state index contributed by atoms with van der Waals surface area (Å²) in [4.78, 5) is 21.6.